The smallest absolute Gasteiger partial charge is 0.125 e. The standard InChI is InChI=1S/C14H16ClN3O/c1-4-14(3,19)13-9-18(17-16-13)8-11-5-6-12(15)7-10(11)2/h4-7,9,19H,1,8H2,2-3H3. The van der Waals surface area contributed by atoms with Crippen LogP contribution in [0.5, 0.6) is 0 Å². The van der Waals surface area contributed by atoms with Crippen LogP contribution in [0.4, 0.5) is 0 Å². The third-order valence-corrected chi connectivity index (χ3v) is 3.33. The molecule has 1 aromatic carbocycles. The highest BCUT2D eigenvalue weighted by Crippen LogP contribution is 2.20. The molecule has 0 aliphatic rings. The normalized spacial score (nSPS) is 14.1. The molecular formula is C14H16ClN3O. The van der Waals surface area contributed by atoms with Gasteiger partial charge in [0.2, 0.25) is 0 Å². The highest BCUT2D eigenvalue weighted by Gasteiger charge is 2.22. The van der Waals surface area contributed by atoms with Gasteiger partial charge in [-0.2, -0.15) is 0 Å². The van der Waals surface area contributed by atoms with E-state index in [1.165, 1.54) is 6.08 Å². The highest BCUT2D eigenvalue weighted by atomic mass is 35.5. The summed E-state index contributed by atoms with van der Waals surface area (Å²) >= 11 is 5.92. The summed E-state index contributed by atoms with van der Waals surface area (Å²) in [5, 5.41) is 18.7. The summed E-state index contributed by atoms with van der Waals surface area (Å²) in [7, 11) is 0. The van der Waals surface area contributed by atoms with Crippen molar-refractivity contribution in [2.24, 2.45) is 0 Å². The van der Waals surface area contributed by atoms with Crippen LogP contribution in [0.15, 0.2) is 37.1 Å². The number of rotatable bonds is 4. The molecule has 5 heteroatoms. The van der Waals surface area contributed by atoms with Gasteiger partial charge in [-0.1, -0.05) is 35.5 Å². The number of aliphatic hydroxyl groups is 1. The first-order valence-electron chi connectivity index (χ1n) is 5.94. The second-order valence-corrected chi connectivity index (χ2v) is 5.16. The molecule has 2 aromatic rings. The van der Waals surface area contributed by atoms with E-state index in [0.29, 0.717) is 12.2 Å². The van der Waals surface area contributed by atoms with Crippen LogP contribution in [0.3, 0.4) is 0 Å². The molecule has 2 rings (SSSR count). The molecule has 0 fully saturated rings. The topological polar surface area (TPSA) is 50.9 Å². The Balaban J connectivity index is 2.23. The summed E-state index contributed by atoms with van der Waals surface area (Å²) in [4.78, 5) is 0. The average Bonchev–Trinajstić information content (AvgIpc) is 2.82. The van der Waals surface area contributed by atoms with E-state index in [-0.39, 0.29) is 0 Å². The Morgan fingerprint density at radius 2 is 2.26 bits per heavy atom. The zero-order valence-corrected chi connectivity index (χ0v) is 11.7. The monoisotopic (exact) mass is 277 g/mol. The van der Waals surface area contributed by atoms with E-state index in [2.05, 4.69) is 16.9 Å². The molecule has 1 aromatic heterocycles. The van der Waals surface area contributed by atoms with Gasteiger partial charge in [-0.25, -0.2) is 4.68 Å². The summed E-state index contributed by atoms with van der Waals surface area (Å²) in [6.07, 6.45) is 3.16. The van der Waals surface area contributed by atoms with Crippen LogP contribution in [0.25, 0.3) is 0 Å². The lowest BCUT2D eigenvalue weighted by molar-refractivity contribution is 0.106. The molecule has 0 saturated heterocycles. The Morgan fingerprint density at radius 3 is 2.89 bits per heavy atom. The van der Waals surface area contributed by atoms with E-state index < -0.39 is 5.60 Å². The molecular weight excluding hydrogens is 262 g/mol. The summed E-state index contributed by atoms with van der Waals surface area (Å²) in [5.41, 5.74) is 1.53. The molecule has 0 saturated carbocycles. The molecule has 100 valence electrons. The van der Waals surface area contributed by atoms with Crippen molar-refractivity contribution in [3.63, 3.8) is 0 Å². The number of hydrogen-bond acceptors (Lipinski definition) is 3. The SMILES string of the molecule is C=CC(C)(O)c1cn(Cc2ccc(Cl)cc2C)nn1. The van der Waals surface area contributed by atoms with Gasteiger partial charge >= 0.3 is 0 Å². The van der Waals surface area contributed by atoms with Crippen molar-refractivity contribution in [3.8, 4) is 0 Å². The van der Waals surface area contributed by atoms with Gasteiger partial charge in [-0.05, 0) is 37.1 Å². The molecule has 1 heterocycles. The first-order valence-corrected chi connectivity index (χ1v) is 6.32. The Bertz CT molecular complexity index is 604. The van der Waals surface area contributed by atoms with Crippen LogP contribution in [-0.2, 0) is 12.1 Å². The van der Waals surface area contributed by atoms with Crippen molar-refractivity contribution in [1.29, 1.82) is 0 Å². The maximum absolute atomic E-state index is 10.0. The second-order valence-electron chi connectivity index (χ2n) is 4.72. The van der Waals surface area contributed by atoms with Gasteiger partial charge in [0.25, 0.3) is 0 Å². The molecule has 0 aliphatic heterocycles. The van der Waals surface area contributed by atoms with Gasteiger partial charge in [0.1, 0.15) is 11.3 Å². The number of halogens is 1. The van der Waals surface area contributed by atoms with Gasteiger partial charge in [0, 0.05) is 5.02 Å². The molecule has 4 nitrogen and oxygen atoms in total. The number of nitrogens with zero attached hydrogens (tertiary/aromatic N) is 3. The quantitative estimate of drug-likeness (QED) is 0.874. The van der Waals surface area contributed by atoms with Crippen LogP contribution in [0, 0.1) is 6.92 Å². The van der Waals surface area contributed by atoms with Gasteiger partial charge in [0.05, 0.1) is 12.7 Å². The summed E-state index contributed by atoms with van der Waals surface area (Å²) in [5.74, 6) is 0. The van der Waals surface area contributed by atoms with E-state index in [1.807, 2.05) is 25.1 Å². The van der Waals surface area contributed by atoms with Crippen molar-refractivity contribution >= 4 is 11.6 Å². The molecule has 0 aliphatic carbocycles. The molecule has 0 radical (unpaired) electrons. The number of hydrogen-bond donors (Lipinski definition) is 1. The van der Waals surface area contributed by atoms with E-state index in [4.69, 9.17) is 11.6 Å². The van der Waals surface area contributed by atoms with Crippen LogP contribution < -0.4 is 0 Å². The van der Waals surface area contributed by atoms with E-state index in [1.54, 1.807) is 17.8 Å². The minimum atomic E-state index is -1.16. The third-order valence-electron chi connectivity index (χ3n) is 3.09. The lowest BCUT2D eigenvalue weighted by Crippen LogP contribution is -2.17. The lowest BCUT2D eigenvalue weighted by atomic mass is 10.0. The maximum Gasteiger partial charge on any atom is 0.125 e. The Morgan fingerprint density at radius 1 is 1.53 bits per heavy atom. The molecule has 1 unspecified atom stereocenters. The van der Waals surface area contributed by atoms with Crippen LogP contribution in [0.1, 0.15) is 23.7 Å². The van der Waals surface area contributed by atoms with Crippen LogP contribution in [0.2, 0.25) is 5.02 Å². The fourth-order valence-corrected chi connectivity index (χ4v) is 1.95. The average molecular weight is 278 g/mol. The Hall–Kier alpha value is -1.65. The molecule has 1 atom stereocenters. The second kappa shape index (κ2) is 5.15. The van der Waals surface area contributed by atoms with Crippen molar-refractivity contribution in [2.75, 3.05) is 0 Å². The minimum absolute atomic E-state index is 0.481. The third kappa shape index (κ3) is 3.03. The first-order chi connectivity index (χ1) is 8.92. The van der Waals surface area contributed by atoms with E-state index in [9.17, 15) is 5.11 Å². The fraction of sp³-hybridized carbons (Fsp3) is 0.286. The van der Waals surface area contributed by atoms with Gasteiger partial charge in [-0.15, -0.1) is 5.10 Å². The number of aromatic nitrogens is 3. The largest absolute Gasteiger partial charge is 0.380 e. The van der Waals surface area contributed by atoms with Crippen LogP contribution >= 0.6 is 11.6 Å². The van der Waals surface area contributed by atoms with Gasteiger partial charge in [0.15, 0.2) is 0 Å². The van der Waals surface area contributed by atoms with Crippen molar-refractivity contribution in [3.05, 3.63) is 58.9 Å². The first kappa shape index (κ1) is 13.8. The molecule has 0 amide bonds. The number of benzene rings is 1. The summed E-state index contributed by atoms with van der Waals surface area (Å²) in [6, 6.07) is 5.72. The van der Waals surface area contributed by atoms with E-state index in [0.717, 1.165) is 16.1 Å². The Kier molecular flexibility index (Phi) is 3.73. The lowest BCUT2D eigenvalue weighted by Gasteiger charge is -2.13. The van der Waals surface area contributed by atoms with Crippen molar-refractivity contribution in [2.45, 2.75) is 26.0 Å². The zero-order valence-electron chi connectivity index (χ0n) is 11.0. The molecule has 0 bridgehead atoms. The fourth-order valence-electron chi connectivity index (χ4n) is 1.72. The molecule has 1 N–H and O–H groups in total. The van der Waals surface area contributed by atoms with E-state index >= 15 is 0 Å². The van der Waals surface area contributed by atoms with Gasteiger partial charge < -0.3 is 5.11 Å². The molecule has 19 heavy (non-hydrogen) atoms. The van der Waals surface area contributed by atoms with Gasteiger partial charge in [-0.3, -0.25) is 0 Å². The van der Waals surface area contributed by atoms with Crippen molar-refractivity contribution in [1.82, 2.24) is 15.0 Å². The number of aryl methyl sites for hydroxylation is 1. The zero-order chi connectivity index (χ0) is 14.0. The summed E-state index contributed by atoms with van der Waals surface area (Å²) < 4.78 is 1.68. The minimum Gasteiger partial charge on any atom is -0.380 e. The highest BCUT2D eigenvalue weighted by molar-refractivity contribution is 6.30. The maximum atomic E-state index is 10.0. The predicted octanol–water partition coefficient (Wildman–Crippen LogP) is 2.68. The molecule has 0 spiro atoms. The van der Waals surface area contributed by atoms with Crippen molar-refractivity contribution < 1.29 is 5.11 Å². The van der Waals surface area contributed by atoms with Crippen LogP contribution in [-0.4, -0.2) is 20.1 Å². The summed E-state index contributed by atoms with van der Waals surface area (Å²) in [6.45, 7) is 7.80. The predicted molar refractivity (Wildman–Crippen MR) is 75.1 cm³/mol. The Labute approximate surface area is 117 Å².